The van der Waals surface area contributed by atoms with Gasteiger partial charge in [0.05, 0.1) is 6.26 Å². The fourth-order valence-corrected chi connectivity index (χ4v) is 1.73. The molecule has 0 atom stereocenters. The van der Waals surface area contributed by atoms with Gasteiger partial charge in [0.25, 0.3) is 0 Å². The van der Waals surface area contributed by atoms with Crippen molar-refractivity contribution < 1.29 is 4.74 Å². The molecule has 0 spiro atoms. The van der Waals surface area contributed by atoms with Gasteiger partial charge in [0.15, 0.2) is 0 Å². The molecule has 0 saturated heterocycles. The number of hydrogen-bond donors (Lipinski definition) is 0. The van der Waals surface area contributed by atoms with Gasteiger partial charge >= 0.3 is 0 Å². The molecule has 1 heteroatoms. The molecule has 1 aliphatic rings. The number of allylic oxidation sites excluding steroid dienone is 2. The third-order valence-corrected chi connectivity index (χ3v) is 2.49. The summed E-state index contributed by atoms with van der Waals surface area (Å²) in [7, 11) is 0. The van der Waals surface area contributed by atoms with Gasteiger partial charge in [-0.2, -0.15) is 0 Å². The van der Waals surface area contributed by atoms with Crippen LogP contribution in [0.5, 0.6) is 0 Å². The molecule has 0 aromatic heterocycles. The zero-order valence-electron chi connectivity index (χ0n) is 10.3. The molecular formula is C13H22O. The summed E-state index contributed by atoms with van der Waals surface area (Å²) in [4.78, 5) is 0. The largest absolute Gasteiger partial charge is 0.497 e. The van der Waals surface area contributed by atoms with E-state index in [4.69, 9.17) is 4.74 Å². The second kappa shape index (κ2) is 3.45. The van der Waals surface area contributed by atoms with E-state index in [1.54, 1.807) is 0 Å². The fraction of sp³-hybridized carbons (Fsp3) is 0.692. The van der Waals surface area contributed by atoms with E-state index in [9.17, 15) is 0 Å². The smallest absolute Gasteiger partial charge is 0.106 e. The summed E-state index contributed by atoms with van der Waals surface area (Å²) >= 11 is 0. The summed E-state index contributed by atoms with van der Waals surface area (Å²) in [6, 6.07) is 0. The molecule has 1 rings (SSSR count). The van der Waals surface area contributed by atoms with Crippen molar-refractivity contribution in [2.24, 2.45) is 10.8 Å². The molecule has 0 N–H and O–H groups in total. The van der Waals surface area contributed by atoms with Crippen LogP contribution in [0.3, 0.4) is 0 Å². The topological polar surface area (TPSA) is 9.23 Å². The van der Waals surface area contributed by atoms with Crippen molar-refractivity contribution in [1.29, 1.82) is 0 Å². The average molecular weight is 194 g/mol. The lowest BCUT2D eigenvalue weighted by Gasteiger charge is -2.34. The van der Waals surface area contributed by atoms with Crippen LogP contribution in [0.15, 0.2) is 23.5 Å². The van der Waals surface area contributed by atoms with Gasteiger partial charge in [-0.25, -0.2) is 0 Å². The zero-order valence-corrected chi connectivity index (χ0v) is 10.3. The van der Waals surface area contributed by atoms with Crippen molar-refractivity contribution in [3.63, 3.8) is 0 Å². The summed E-state index contributed by atoms with van der Waals surface area (Å²) in [5.41, 5.74) is 3.13. The lowest BCUT2D eigenvalue weighted by atomic mass is 9.72. The Bertz CT molecular complexity index is 239. The van der Waals surface area contributed by atoms with Crippen LogP contribution in [0, 0.1) is 10.8 Å². The summed E-state index contributed by atoms with van der Waals surface area (Å²) in [5.74, 6) is 0. The summed E-state index contributed by atoms with van der Waals surface area (Å²) in [6.07, 6.45) is 4.14. The van der Waals surface area contributed by atoms with Crippen molar-refractivity contribution in [3.8, 4) is 0 Å². The number of hydrogen-bond acceptors (Lipinski definition) is 1. The normalized spacial score (nSPS) is 18.4. The maximum atomic E-state index is 5.40. The molecule has 14 heavy (non-hydrogen) atoms. The Labute approximate surface area is 87.8 Å². The molecule has 0 radical (unpaired) electrons. The summed E-state index contributed by atoms with van der Waals surface area (Å²) < 4.78 is 5.40. The third kappa shape index (κ3) is 2.40. The first-order chi connectivity index (χ1) is 6.23. The molecule has 0 unspecified atom stereocenters. The molecule has 1 heterocycles. The first-order valence-electron chi connectivity index (χ1n) is 5.26. The van der Waals surface area contributed by atoms with E-state index in [-0.39, 0.29) is 10.8 Å². The fourth-order valence-electron chi connectivity index (χ4n) is 1.73. The minimum atomic E-state index is 0.166. The van der Waals surface area contributed by atoms with Gasteiger partial charge < -0.3 is 4.74 Å². The highest BCUT2D eigenvalue weighted by Crippen LogP contribution is 2.41. The third-order valence-electron chi connectivity index (χ3n) is 2.49. The van der Waals surface area contributed by atoms with Crippen LogP contribution in [0.1, 0.15) is 41.5 Å². The first-order valence-corrected chi connectivity index (χ1v) is 5.26. The molecule has 0 aromatic carbocycles. The van der Waals surface area contributed by atoms with E-state index in [0.29, 0.717) is 6.61 Å². The molecule has 0 aliphatic carbocycles. The van der Waals surface area contributed by atoms with Crippen LogP contribution in [0.25, 0.3) is 0 Å². The second-order valence-electron chi connectivity index (χ2n) is 5.98. The minimum Gasteiger partial charge on any atom is -0.497 e. The molecule has 1 nitrogen and oxygen atoms in total. The standard InChI is InChI=1S/C13H22O/c1-12(2,3)10-7-8-14-9-11(10)13(4,5)6/h7,9H,8H2,1-6H3. The van der Waals surface area contributed by atoms with Crippen LogP contribution in [-0.2, 0) is 4.74 Å². The van der Waals surface area contributed by atoms with Gasteiger partial charge in [0.2, 0.25) is 0 Å². The molecule has 0 fully saturated rings. The van der Waals surface area contributed by atoms with Gasteiger partial charge in [-0.3, -0.25) is 0 Å². The minimum absolute atomic E-state index is 0.166. The van der Waals surface area contributed by atoms with Gasteiger partial charge in [0, 0.05) is 0 Å². The SMILES string of the molecule is CC(C)(C)C1=CCOC=C1C(C)(C)C. The maximum Gasteiger partial charge on any atom is 0.106 e. The van der Waals surface area contributed by atoms with Crippen LogP contribution in [-0.4, -0.2) is 6.61 Å². The number of rotatable bonds is 0. The molecular weight excluding hydrogens is 172 g/mol. The van der Waals surface area contributed by atoms with Crippen LogP contribution < -0.4 is 0 Å². The Kier molecular flexibility index (Phi) is 2.80. The maximum absolute atomic E-state index is 5.40. The Balaban J connectivity index is 3.06. The van der Waals surface area contributed by atoms with Crippen molar-refractivity contribution in [3.05, 3.63) is 23.5 Å². The van der Waals surface area contributed by atoms with Crippen molar-refractivity contribution in [1.82, 2.24) is 0 Å². The Morgan fingerprint density at radius 2 is 1.43 bits per heavy atom. The van der Waals surface area contributed by atoms with Crippen LogP contribution in [0.4, 0.5) is 0 Å². The molecule has 1 aliphatic heterocycles. The second-order valence-corrected chi connectivity index (χ2v) is 5.98. The van der Waals surface area contributed by atoms with E-state index < -0.39 is 0 Å². The Hall–Kier alpha value is -0.720. The van der Waals surface area contributed by atoms with Crippen molar-refractivity contribution >= 4 is 0 Å². The van der Waals surface area contributed by atoms with E-state index >= 15 is 0 Å². The zero-order chi connectivity index (χ0) is 11.0. The van der Waals surface area contributed by atoms with Crippen LogP contribution >= 0.6 is 0 Å². The molecule has 0 aromatic rings. The quantitative estimate of drug-likeness (QED) is 0.568. The Morgan fingerprint density at radius 3 is 1.79 bits per heavy atom. The van der Waals surface area contributed by atoms with E-state index in [2.05, 4.69) is 47.6 Å². The van der Waals surface area contributed by atoms with Crippen molar-refractivity contribution in [2.45, 2.75) is 41.5 Å². The molecule has 0 amide bonds. The predicted molar refractivity (Wildman–Crippen MR) is 61.0 cm³/mol. The van der Waals surface area contributed by atoms with E-state index in [1.165, 1.54) is 11.1 Å². The Morgan fingerprint density at radius 1 is 0.929 bits per heavy atom. The van der Waals surface area contributed by atoms with Crippen molar-refractivity contribution in [2.75, 3.05) is 6.61 Å². The number of ether oxygens (including phenoxy) is 1. The lowest BCUT2D eigenvalue weighted by molar-refractivity contribution is 0.262. The lowest BCUT2D eigenvalue weighted by Crippen LogP contribution is -2.23. The highest BCUT2D eigenvalue weighted by atomic mass is 16.5. The van der Waals surface area contributed by atoms with Gasteiger partial charge in [-0.1, -0.05) is 41.5 Å². The molecule has 80 valence electrons. The molecule has 0 saturated carbocycles. The summed E-state index contributed by atoms with van der Waals surface area (Å²) in [6.45, 7) is 14.2. The van der Waals surface area contributed by atoms with Gasteiger partial charge in [-0.15, -0.1) is 0 Å². The van der Waals surface area contributed by atoms with Crippen LogP contribution in [0.2, 0.25) is 0 Å². The predicted octanol–water partition coefficient (Wildman–Crippen LogP) is 3.92. The highest BCUT2D eigenvalue weighted by Gasteiger charge is 2.29. The average Bonchev–Trinajstić information content (AvgIpc) is 2.01. The summed E-state index contributed by atoms with van der Waals surface area (Å²) in [5, 5.41) is 0. The molecule has 0 bridgehead atoms. The van der Waals surface area contributed by atoms with E-state index in [1.807, 2.05) is 6.26 Å². The highest BCUT2D eigenvalue weighted by molar-refractivity contribution is 5.39. The first kappa shape index (κ1) is 11.4. The van der Waals surface area contributed by atoms with Gasteiger partial charge in [0.1, 0.15) is 6.61 Å². The van der Waals surface area contributed by atoms with E-state index in [0.717, 1.165) is 0 Å². The monoisotopic (exact) mass is 194 g/mol. The van der Waals surface area contributed by atoms with Gasteiger partial charge in [-0.05, 0) is 28.1 Å².